The quantitative estimate of drug-likeness (QED) is 0.182. The number of fused-ring (bicyclic) bond motifs is 3. The minimum Gasteiger partial charge on any atom is -0.354 e. The van der Waals surface area contributed by atoms with Gasteiger partial charge in [0.05, 0.1) is 0 Å². The largest absolute Gasteiger partial charge is 0.354 e. The fraction of sp³-hybridized carbons (Fsp3) is 0.538. The van der Waals surface area contributed by atoms with Crippen LogP contribution in [0.3, 0.4) is 0 Å². The van der Waals surface area contributed by atoms with Gasteiger partial charge in [0, 0.05) is 25.4 Å². The molecule has 3 aromatic rings. The van der Waals surface area contributed by atoms with Crippen molar-refractivity contribution in [2.24, 2.45) is 0 Å². The average Bonchev–Trinajstić information content (AvgIpc) is 3.07. The van der Waals surface area contributed by atoms with Gasteiger partial charge in [-0.1, -0.05) is 95.8 Å². The monoisotopic (exact) mass is 489 g/mol. The molecule has 0 atom stereocenters. The molecule has 0 aliphatic carbocycles. The minimum absolute atomic E-state index is 1.19. The molecule has 0 aliphatic heterocycles. The van der Waals surface area contributed by atoms with Crippen LogP contribution in [0.2, 0.25) is 0 Å². The normalized spacial score (nSPS) is 11.6. The first-order valence-corrected chi connectivity index (χ1v) is 12.6. The molecule has 1 nitrogen and oxygen atoms in total. The molecule has 0 saturated heterocycles. The Morgan fingerprint density at radius 2 is 1.36 bits per heavy atom. The maximum absolute atomic E-state index is 3.66. The van der Waals surface area contributed by atoms with Gasteiger partial charge in [-0.3, -0.25) is 0 Å². The SMILES string of the molecule is CCCCCCCCCCCCCCc1cccc2c1[nH]c1ccc(I)cc12. The first-order chi connectivity index (χ1) is 13.8. The molecule has 0 fully saturated rings. The minimum atomic E-state index is 1.19. The van der Waals surface area contributed by atoms with E-state index < -0.39 is 0 Å². The molecule has 0 aliphatic rings. The molecule has 152 valence electrons. The number of aryl methyl sites for hydroxylation is 1. The molecule has 1 aromatic heterocycles. The zero-order chi connectivity index (χ0) is 19.6. The highest BCUT2D eigenvalue weighted by molar-refractivity contribution is 14.1. The highest BCUT2D eigenvalue weighted by atomic mass is 127. The lowest BCUT2D eigenvalue weighted by Gasteiger charge is -2.05. The predicted octanol–water partition coefficient (Wildman–Crippen LogP) is 9.17. The van der Waals surface area contributed by atoms with Crippen molar-refractivity contribution in [3.05, 3.63) is 45.5 Å². The van der Waals surface area contributed by atoms with Crippen LogP contribution in [0.4, 0.5) is 0 Å². The van der Waals surface area contributed by atoms with Crippen LogP contribution in [-0.4, -0.2) is 4.98 Å². The molecule has 0 saturated carbocycles. The van der Waals surface area contributed by atoms with E-state index in [0.29, 0.717) is 0 Å². The Bertz CT molecular complexity index is 848. The number of hydrogen-bond acceptors (Lipinski definition) is 0. The number of nitrogens with one attached hydrogen (secondary N) is 1. The first-order valence-electron chi connectivity index (χ1n) is 11.5. The first kappa shape index (κ1) is 21.7. The Kier molecular flexibility index (Phi) is 9.17. The second-order valence-corrected chi connectivity index (χ2v) is 9.54. The molecule has 1 heterocycles. The lowest BCUT2D eigenvalue weighted by atomic mass is 10.0. The zero-order valence-electron chi connectivity index (χ0n) is 17.5. The molecule has 0 radical (unpaired) electrons. The molecule has 0 amide bonds. The average molecular weight is 489 g/mol. The molecule has 3 rings (SSSR count). The third-order valence-corrected chi connectivity index (χ3v) is 6.65. The lowest BCUT2D eigenvalue weighted by molar-refractivity contribution is 0.544. The number of halogens is 1. The van der Waals surface area contributed by atoms with E-state index in [2.05, 4.69) is 70.9 Å². The van der Waals surface area contributed by atoms with E-state index in [9.17, 15) is 0 Å². The summed E-state index contributed by atoms with van der Waals surface area (Å²) in [5.74, 6) is 0. The summed E-state index contributed by atoms with van der Waals surface area (Å²) in [6.07, 6.45) is 18.1. The van der Waals surface area contributed by atoms with E-state index in [-0.39, 0.29) is 0 Å². The fourth-order valence-corrected chi connectivity index (χ4v) is 4.81. The number of para-hydroxylation sites is 1. The highest BCUT2D eigenvalue weighted by Crippen LogP contribution is 2.29. The summed E-state index contributed by atoms with van der Waals surface area (Å²) in [6, 6.07) is 13.5. The number of unbranched alkanes of at least 4 members (excludes halogenated alkanes) is 11. The zero-order valence-corrected chi connectivity index (χ0v) is 19.7. The van der Waals surface area contributed by atoms with Crippen molar-refractivity contribution in [2.75, 3.05) is 0 Å². The smallest absolute Gasteiger partial charge is 0.0497 e. The van der Waals surface area contributed by atoms with Crippen LogP contribution in [0.15, 0.2) is 36.4 Å². The van der Waals surface area contributed by atoms with Crippen LogP contribution in [0.1, 0.15) is 89.5 Å². The van der Waals surface area contributed by atoms with Crippen LogP contribution >= 0.6 is 22.6 Å². The highest BCUT2D eigenvalue weighted by Gasteiger charge is 2.08. The fourth-order valence-electron chi connectivity index (χ4n) is 4.32. The Morgan fingerprint density at radius 1 is 0.714 bits per heavy atom. The van der Waals surface area contributed by atoms with Crippen molar-refractivity contribution in [3.8, 4) is 0 Å². The number of rotatable bonds is 13. The Balaban J connectivity index is 1.36. The standard InChI is InChI=1S/C26H36IN/c1-2-3-4-5-6-7-8-9-10-11-12-13-15-21-16-14-17-23-24-20-22(27)18-19-25(24)28-26(21)23/h14,16-20,28H,2-13,15H2,1H3. The van der Waals surface area contributed by atoms with E-state index in [1.165, 1.54) is 114 Å². The number of aromatic nitrogens is 1. The Labute approximate surface area is 184 Å². The van der Waals surface area contributed by atoms with Gasteiger partial charge in [-0.2, -0.15) is 0 Å². The second-order valence-electron chi connectivity index (χ2n) is 8.29. The molecule has 28 heavy (non-hydrogen) atoms. The van der Waals surface area contributed by atoms with Gasteiger partial charge in [0.25, 0.3) is 0 Å². The summed E-state index contributed by atoms with van der Waals surface area (Å²) in [5, 5.41) is 2.74. The van der Waals surface area contributed by atoms with Crippen molar-refractivity contribution < 1.29 is 0 Å². The molecular formula is C26H36IN. The Hall–Kier alpha value is -1.03. The van der Waals surface area contributed by atoms with Crippen molar-refractivity contribution in [1.29, 1.82) is 0 Å². The summed E-state index contributed by atoms with van der Waals surface area (Å²) in [5.41, 5.74) is 4.09. The van der Waals surface area contributed by atoms with Crippen LogP contribution in [-0.2, 0) is 6.42 Å². The van der Waals surface area contributed by atoms with Crippen LogP contribution in [0.25, 0.3) is 21.8 Å². The van der Waals surface area contributed by atoms with E-state index in [1.807, 2.05) is 0 Å². The van der Waals surface area contributed by atoms with Gasteiger partial charge in [-0.15, -0.1) is 0 Å². The lowest BCUT2D eigenvalue weighted by Crippen LogP contribution is -1.88. The third-order valence-electron chi connectivity index (χ3n) is 5.98. The predicted molar refractivity (Wildman–Crippen MR) is 133 cm³/mol. The van der Waals surface area contributed by atoms with E-state index in [4.69, 9.17) is 0 Å². The molecule has 0 spiro atoms. The van der Waals surface area contributed by atoms with Gasteiger partial charge in [0.15, 0.2) is 0 Å². The van der Waals surface area contributed by atoms with Crippen molar-refractivity contribution in [2.45, 2.75) is 90.4 Å². The van der Waals surface area contributed by atoms with Crippen molar-refractivity contribution in [3.63, 3.8) is 0 Å². The molecule has 2 aromatic carbocycles. The summed E-state index contributed by atoms with van der Waals surface area (Å²) in [6.45, 7) is 2.29. The van der Waals surface area contributed by atoms with E-state index in [0.717, 1.165) is 0 Å². The van der Waals surface area contributed by atoms with Gasteiger partial charge in [-0.05, 0) is 59.2 Å². The summed E-state index contributed by atoms with van der Waals surface area (Å²) >= 11 is 2.40. The summed E-state index contributed by atoms with van der Waals surface area (Å²) in [7, 11) is 0. The summed E-state index contributed by atoms with van der Waals surface area (Å²) < 4.78 is 1.30. The molecule has 1 N–H and O–H groups in total. The van der Waals surface area contributed by atoms with Crippen LogP contribution < -0.4 is 0 Å². The van der Waals surface area contributed by atoms with E-state index in [1.54, 1.807) is 0 Å². The maximum Gasteiger partial charge on any atom is 0.0497 e. The Morgan fingerprint density at radius 3 is 2.04 bits per heavy atom. The second kappa shape index (κ2) is 11.8. The molecule has 0 bridgehead atoms. The third kappa shape index (κ3) is 6.23. The van der Waals surface area contributed by atoms with Gasteiger partial charge in [0.1, 0.15) is 0 Å². The van der Waals surface area contributed by atoms with E-state index >= 15 is 0 Å². The van der Waals surface area contributed by atoms with Crippen LogP contribution in [0, 0.1) is 3.57 Å². The van der Waals surface area contributed by atoms with Gasteiger partial charge < -0.3 is 4.98 Å². The van der Waals surface area contributed by atoms with Crippen molar-refractivity contribution >= 4 is 44.4 Å². The molecule has 0 unspecified atom stereocenters. The number of hydrogen-bond donors (Lipinski definition) is 1. The molecule has 2 heteroatoms. The van der Waals surface area contributed by atoms with Gasteiger partial charge >= 0.3 is 0 Å². The van der Waals surface area contributed by atoms with Gasteiger partial charge in [0.2, 0.25) is 0 Å². The molecular weight excluding hydrogens is 453 g/mol. The topological polar surface area (TPSA) is 15.8 Å². The number of H-pyrrole nitrogens is 1. The van der Waals surface area contributed by atoms with Gasteiger partial charge in [-0.25, -0.2) is 0 Å². The maximum atomic E-state index is 3.66. The number of benzene rings is 2. The number of aromatic amines is 1. The summed E-state index contributed by atoms with van der Waals surface area (Å²) in [4.78, 5) is 3.66. The van der Waals surface area contributed by atoms with Crippen molar-refractivity contribution in [1.82, 2.24) is 4.98 Å². The van der Waals surface area contributed by atoms with Crippen LogP contribution in [0.5, 0.6) is 0 Å².